The molecule has 0 heterocycles. The molecule has 0 saturated heterocycles. The van der Waals surface area contributed by atoms with Gasteiger partial charge in [-0.05, 0) is 6.92 Å². The SMILES string of the molecule is CONC(=O)C(C)C(C)(F)F. The Morgan fingerprint density at radius 1 is 1.64 bits per heavy atom. The van der Waals surface area contributed by atoms with Gasteiger partial charge in [0.15, 0.2) is 0 Å². The molecule has 66 valence electrons. The Morgan fingerprint density at radius 3 is 2.36 bits per heavy atom. The molecule has 1 unspecified atom stereocenters. The van der Waals surface area contributed by atoms with Gasteiger partial charge in [-0.15, -0.1) is 0 Å². The van der Waals surface area contributed by atoms with E-state index in [0.29, 0.717) is 6.92 Å². The summed E-state index contributed by atoms with van der Waals surface area (Å²) in [5.74, 6) is -5.20. The van der Waals surface area contributed by atoms with Crippen LogP contribution in [0.5, 0.6) is 0 Å². The minimum absolute atomic E-state index is 0.687. The molecule has 0 spiro atoms. The van der Waals surface area contributed by atoms with Crippen LogP contribution < -0.4 is 5.48 Å². The van der Waals surface area contributed by atoms with E-state index in [0.717, 1.165) is 6.92 Å². The summed E-state index contributed by atoms with van der Waals surface area (Å²) < 4.78 is 24.7. The number of hydroxylamine groups is 1. The summed E-state index contributed by atoms with van der Waals surface area (Å²) in [4.78, 5) is 14.9. The lowest BCUT2D eigenvalue weighted by Crippen LogP contribution is -2.37. The molecular weight excluding hydrogens is 156 g/mol. The topological polar surface area (TPSA) is 38.3 Å². The van der Waals surface area contributed by atoms with Gasteiger partial charge in [-0.3, -0.25) is 9.63 Å². The molecule has 0 aliphatic carbocycles. The average Bonchev–Trinajstić information content (AvgIpc) is 1.85. The first-order valence-corrected chi connectivity index (χ1v) is 3.10. The first-order chi connectivity index (χ1) is 4.89. The Morgan fingerprint density at radius 2 is 2.09 bits per heavy atom. The summed E-state index contributed by atoms with van der Waals surface area (Å²) in [6.45, 7) is 1.82. The molecule has 1 atom stereocenters. The van der Waals surface area contributed by atoms with Gasteiger partial charge >= 0.3 is 0 Å². The largest absolute Gasteiger partial charge is 0.277 e. The van der Waals surface area contributed by atoms with Gasteiger partial charge in [-0.1, -0.05) is 0 Å². The standard InChI is InChI=1S/C6H11F2NO2/c1-4(6(2,7)8)5(10)9-11-3/h4H,1-3H3,(H,9,10). The molecule has 0 fully saturated rings. The van der Waals surface area contributed by atoms with Crippen molar-refractivity contribution in [2.45, 2.75) is 19.8 Å². The van der Waals surface area contributed by atoms with Crippen LogP contribution in [-0.4, -0.2) is 18.9 Å². The van der Waals surface area contributed by atoms with Crippen LogP contribution in [0.3, 0.4) is 0 Å². The van der Waals surface area contributed by atoms with Crippen LogP contribution in [0.25, 0.3) is 0 Å². The molecule has 11 heavy (non-hydrogen) atoms. The molecular formula is C6H11F2NO2. The van der Waals surface area contributed by atoms with E-state index in [-0.39, 0.29) is 0 Å². The minimum atomic E-state index is -3.01. The van der Waals surface area contributed by atoms with Gasteiger partial charge in [-0.2, -0.15) is 0 Å². The molecule has 0 aromatic heterocycles. The number of nitrogens with one attached hydrogen (secondary N) is 1. The maximum Gasteiger partial charge on any atom is 0.256 e. The van der Waals surface area contributed by atoms with Gasteiger partial charge in [0, 0.05) is 6.92 Å². The number of hydrogen-bond donors (Lipinski definition) is 1. The smallest absolute Gasteiger partial charge is 0.256 e. The zero-order valence-electron chi connectivity index (χ0n) is 6.65. The first-order valence-electron chi connectivity index (χ1n) is 3.10. The predicted octanol–water partition coefficient (Wildman–Crippen LogP) is 0.955. The fourth-order valence-electron chi connectivity index (χ4n) is 0.419. The summed E-state index contributed by atoms with van der Waals surface area (Å²) in [5.41, 5.74) is 1.83. The quantitative estimate of drug-likeness (QED) is 0.635. The number of halogens is 2. The second-order valence-electron chi connectivity index (χ2n) is 2.35. The molecule has 0 aromatic carbocycles. The van der Waals surface area contributed by atoms with Crippen LogP contribution in [0.2, 0.25) is 0 Å². The van der Waals surface area contributed by atoms with E-state index < -0.39 is 17.7 Å². The fraction of sp³-hybridized carbons (Fsp3) is 0.833. The summed E-state index contributed by atoms with van der Waals surface area (Å²) in [6, 6.07) is 0. The summed E-state index contributed by atoms with van der Waals surface area (Å²) in [7, 11) is 1.19. The van der Waals surface area contributed by atoms with E-state index in [1.807, 2.05) is 5.48 Å². The Labute approximate surface area is 63.7 Å². The zero-order valence-corrected chi connectivity index (χ0v) is 6.65. The highest BCUT2D eigenvalue weighted by atomic mass is 19.3. The molecule has 0 aromatic rings. The van der Waals surface area contributed by atoms with E-state index in [1.54, 1.807) is 0 Å². The van der Waals surface area contributed by atoms with E-state index in [2.05, 4.69) is 4.84 Å². The summed E-state index contributed by atoms with van der Waals surface area (Å²) >= 11 is 0. The number of amides is 1. The molecule has 0 bridgehead atoms. The van der Waals surface area contributed by atoms with Crippen LogP contribution in [0, 0.1) is 5.92 Å². The first kappa shape index (κ1) is 10.3. The van der Waals surface area contributed by atoms with Crippen molar-refractivity contribution in [2.24, 2.45) is 5.92 Å². The third-order valence-corrected chi connectivity index (χ3v) is 1.36. The summed E-state index contributed by atoms with van der Waals surface area (Å²) in [6.07, 6.45) is 0. The summed E-state index contributed by atoms with van der Waals surface area (Å²) in [5, 5.41) is 0. The molecule has 0 rings (SSSR count). The van der Waals surface area contributed by atoms with Crippen molar-refractivity contribution in [3.8, 4) is 0 Å². The monoisotopic (exact) mass is 167 g/mol. The van der Waals surface area contributed by atoms with Crippen molar-refractivity contribution in [1.82, 2.24) is 5.48 Å². The predicted molar refractivity (Wildman–Crippen MR) is 34.9 cm³/mol. The minimum Gasteiger partial charge on any atom is -0.277 e. The second-order valence-corrected chi connectivity index (χ2v) is 2.35. The second kappa shape index (κ2) is 3.61. The molecule has 1 amide bonds. The average molecular weight is 167 g/mol. The molecule has 0 radical (unpaired) electrons. The van der Waals surface area contributed by atoms with Crippen molar-refractivity contribution in [3.05, 3.63) is 0 Å². The van der Waals surface area contributed by atoms with Crippen LogP contribution >= 0.6 is 0 Å². The number of alkyl halides is 2. The lowest BCUT2D eigenvalue weighted by Gasteiger charge is -2.17. The number of hydrogen-bond acceptors (Lipinski definition) is 2. The van der Waals surface area contributed by atoms with Crippen LogP contribution in [-0.2, 0) is 9.63 Å². The van der Waals surface area contributed by atoms with Crippen molar-refractivity contribution < 1.29 is 18.4 Å². The lowest BCUT2D eigenvalue weighted by molar-refractivity contribution is -0.146. The molecule has 3 nitrogen and oxygen atoms in total. The lowest BCUT2D eigenvalue weighted by atomic mass is 10.1. The number of carbonyl (C=O) groups is 1. The van der Waals surface area contributed by atoms with Crippen molar-refractivity contribution in [2.75, 3.05) is 7.11 Å². The van der Waals surface area contributed by atoms with Crippen molar-refractivity contribution in [3.63, 3.8) is 0 Å². The maximum atomic E-state index is 12.4. The fourth-order valence-corrected chi connectivity index (χ4v) is 0.419. The van der Waals surface area contributed by atoms with Crippen LogP contribution in [0.1, 0.15) is 13.8 Å². The van der Waals surface area contributed by atoms with E-state index in [9.17, 15) is 13.6 Å². The third-order valence-electron chi connectivity index (χ3n) is 1.36. The van der Waals surface area contributed by atoms with Crippen LogP contribution in [0.4, 0.5) is 8.78 Å². The Hall–Kier alpha value is -0.710. The molecule has 1 N–H and O–H groups in total. The van der Waals surface area contributed by atoms with Crippen molar-refractivity contribution >= 4 is 5.91 Å². The highest BCUT2D eigenvalue weighted by molar-refractivity contribution is 5.78. The van der Waals surface area contributed by atoms with E-state index in [4.69, 9.17) is 0 Å². The highest BCUT2D eigenvalue weighted by Gasteiger charge is 2.35. The van der Waals surface area contributed by atoms with Gasteiger partial charge in [0.2, 0.25) is 0 Å². The van der Waals surface area contributed by atoms with E-state index in [1.165, 1.54) is 7.11 Å². The third kappa shape index (κ3) is 3.27. The number of carbonyl (C=O) groups excluding carboxylic acids is 1. The molecule has 0 aliphatic heterocycles. The zero-order chi connectivity index (χ0) is 9.07. The Bertz CT molecular complexity index is 144. The van der Waals surface area contributed by atoms with Gasteiger partial charge in [0.05, 0.1) is 7.11 Å². The van der Waals surface area contributed by atoms with Gasteiger partial charge in [-0.25, -0.2) is 14.3 Å². The molecule has 0 aliphatic rings. The Kier molecular flexibility index (Phi) is 3.38. The number of rotatable bonds is 3. The van der Waals surface area contributed by atoms with Gasteiger partial charge < -0.3 is 0 Å². The maximum absolute atomic E-state index is 12.4. The van der Waals surface area contributed by atoms with Crippen LogP contribution in [0.15, 0.2) is 0 Å². The van der Waals surface area contributed by atoms with Gasteiger partial charge in [0.1, 0.15) is 5.92 Å². The van der Waals surface area contributed by atoms with Crippen molar-refractivity contribution in [1.29, 1.82) is 0 Å². The molecule has 5 heteroatoms. The Balaban J connectivity index is 4.03. The van der Waals surface area contributed by atoms with E-state index >= 15 is 0 Å². The molecule has 0 saturated carbocycles. The normalized spacial score (nSPS) is 14.3. The van der Waals surface area contributed by atoms with Gasteiger partial charge in [0.25, 0.3) is 11.8 Å². The highest BCUT2D eigenvalue weighted by Crippen LogP contribution is 2.22.